The number of carbonyl (C=O) groups is 2. The van der Waals surface area contributed by atoms with E-state index >= 15 is 0 Å². The maximum absolute atomic E-state index is 14.2. The minimum Gasteiger partial charge on any atom is -0.459 e. The molecule has 0 bridgehead atoms. The van der Waals surface area contributed by atoms with Crippen LogP contribution in [0.3, 0.4) is 0 Å². The fourth-order valence-corrected chi connectivity index (χ4v) is 4.04. The lowest BCUT2D eigenvalue weighted by atomic mass is 9.94. The standard InChI is InChI=1S/C23H19FN2O3/c24-18-5-2-1-4-17(18)23(10-11-23)22(28)25-16-8-7-15-9-12-26(19(15)14-16)21(27)20-6-3-13-29-20/h1-8,13-14H,9-12H2,(H,25,28). The zero-order valence-electron chi connectivity index (χ0n) is 15.7. The van der Waals surface area contributed by atoms with Gasteiger partial charge in [-0.3, -0.25) is 9.59 Å². The summed E-state index contributed by atoms with van der Waals surface area (Å²) in [7, 11) is 0. The average Bonchev–Trinajstić information content (AvgIpc) is 3.15. The molecule has 0 unspecified atom stereocenters. The van der Waals surface area contributed by atoms with Crippen LogP contribution in [0.15, 0.2) is 65.3 Å². The molecule has 146 valence electrons. The van der Waals surface area contributed by atoms with Crippen LogP contribution in [0.25, 0.3) is 0 Å². The molecule has 6 heteroatoms. The average molecular weight is 390 g/mol. The first-order valence-corrected chi connectivity index (χ1v) is 9.63. The van der Waals surface area contributed by atoms with Gasteiger partial charge in [-0.1, -0.05) is 24.3 Å². The van der Waals surface area contributed by atoms with Crippen molar-refractivity contribution in [2.24, 2.45) is 0 Å². The second-order valence-electron chi connectivity index (χ2n) is 7.54. The Kier molecular flexibility index (Phi) is 4.01. The van der Waals surface area contributed by atoms with E-state index in [0.29, 0.717) is 30.6 Å². The number of carbonyl (C=O) groups excluding carboxylic acids is 2. The molecule has 3 aromatic rings. The summed E-state index contributed by atoms with van der Waals surface area (Å²) < 4.78 is 19.5. The summed E-state index contributed by atoms with van der Waals surface area (Å²) in [5, 5.41) is 2.93. The second kappa shape index (κ2) is 6.58. The molecule has 2 amide bonds. The van der Waals surface area contributed by atoms with E-state index in [0.717, 1.165) is 17.7 Å². The summed E-state index contributed by atoms with van der Waals surface area (Å²) in [5.41, 5.74) is 2.02. The van der Waals surface area contributed by atoms with Gasteiger partial charge in [-0.15, -0.1) is 0 Å². The number of rotatable bonds is 4. The van der Waals surface area contributed by atoms with Crippen molar-refractivity contribution in [2.45, 2.75) is 24.7 Å². The minimum absolute atomic E-state index is 0.206. The van der Waals surface area contributed by atoms with Crippen molar-refractivity contribution in [1.29, 1.82) is 0 Å². The Hall–Kier alpha value is -3.41. The van der Waals surface area contributed by atoms with Crippen LogP contribution in [-0.4, -0.2) is 18.4 Å². The molecule has 1 aromatic heterocycles. The SMILES string of the molecule is O=C(c1ccco1)N1CCc2ccc(NC(=O)C3(c4ccccc4F)CC3)cc21. The van der Waals surface area contributed by atoms with Crippen molar-refractivity contribution in [3.63, 3.8) is 0 Å². The van der Waals surface area contributed by atoms with Gasteiger partial charge in [-0.25, -0.2) is 4.39 Å². The fraction of sp³-hybridized carbons (Fsp3) is 0.217. The molecule has 0 saturated heterocycles. The predicted octanol–water partition coefficient (Wildman–Crippen LogP) is 4.29. The van der Waals surface area contributed by atoms with Crippen molar-refractivity contribution in [1.82, 2.24) is 0 Å². The Morgan fingerprint density at radius 3 is 2.62 bits per heavy atom. The number of hydrogen-bond donors (Lipinski definition) is 1. The number of benzene rings is 2. The van der Waals surface area contributed by atoms with Crippen LogP contribution in [0, 0.1) is 5.82 Å². The molecule has 1 aliphatic carbocycles. The maximum Gasteiger partial charge on any atom is 0.293 e. The molecule has 0 spiro atoms. The van der Waals surface area contributed by atoms with Crippen LogP contribution in [-0.2, 0) is 16.6 Å². The van der Waals surface area contributed by atoms with E-state index in [1.807, 2.05) is 12.1 Å². The number of halogens is 1. The highest BCUT2D eigenvalue weighted by Gasteiger charge is 2.52. The zero-order valence-corrected chi connectivity index (χ0v) is 15.7. The maximum atomic E-state index is 14.2. The largest absolute Gasteiger partial charge is 0.459 e. The molecule has 2 aliphatic rings. The molecular weight excluding hydrogens is 371 g/mol. The topological polar surface area (TPSA) is 62.6 Å². The highest BCUT2D eigenvalue weighted by atomic mass is 19.1. The normalized spacial score (nSPS) is 16.4. The molecule has 29 heavy (non-hydrogen) atoms. The summed E-state index contributed by atoms with van der Waals surface area (Å²) in [6.45, 7) is 0.561. The lowest BCUT2D eigenvalue weighted by Crippen LogP contribution is -2.29. The summed E-state index contributed by atoms with van der Waals surface area (Å²) >= 11 is 0. The number of hydrogen-bond acceptors (Lipinski definition) is 3. The molecule has 0 atom stereocenters. The molecule has 0 radical (unpaired) electrons. The molecule has 1 saturated carbocycles. The van der Waals surface area contributed by atoms with Crippen LogP contribution < -0.4 is 10.2 Å². The molecule has 2 heterocycles. The van der Waals surface area contributed by atoms with Gasteiger partial charge >= 0.3 is 0 Å². The first-order valence-electron chi connectivity index (χ1n) is 9.63. The van der Waals surface area contributed by atoms with Crippen LogP contribution in [0.4, 0.5) is 15.8 Å². The van der Waals surface area contributed by atoms with E-state index in [-0.39, 0.29) is 23.4 Å². The van der Waals surface area contributed by atoms with Gasteiger partial charge in [0, 0.05) is 23.5 Å². The lowest BCUT2D eigenvalue weighted by Gasteiger charge is -2.19. The molecule has 5 nitrogen and oxygen atoms in total. The number of amides is 2. The van der Waals surface area contributed by atoms with E-state index in [2.05, 4.69) is 5.32 Å². The predicted molar refractivity (Wildman–Crippen MR) is 106 cm³/mol. The van der Waals surface area contributed by atoms with Crippen LogP contribution in [0.1, 0.15) is 34.5 Å². The number of nitrogens with one attached hydrogen (secondary N) is 1. The Morgan fingerprint density at radius 1 is 1.07 bits per heavy atom. The van der Waals surface area contributed by atoms with Gasteiger partial charge in [0.15, 0.2) is 5.76 Å². The van der Waals surface area contributed by atoms with Gasteiger partial charge in [0.2, 0.25) is 5.91 Å². The Bertz CT molecular complexity index is 1100. The number of nitrogens with zero attached hydrogens (tertiary/aromatic N) is 1. The fourth-order valence-electron chi connectivity index (χ4n) is 4.04. The number of furan rings is 1. The summed E-state index contributed by atoms with van der Waals surface area (Å²) in [6.07, 6.45) is 3.45. The first kappa shape index (κ1) is 17.7. The van der Waals surface area contributed by atoms with E-state index in [1.165, 1.54) is 12.3 Å². The Labute approximate surface area is 167 Å². The van der Waals surface area contributed by atoms with Crippen molar-refractivity contribution >= 4 is 23.2 Å². The van der Waals surface area contributed by atoms with Gasteiger partial charge < -0.3 is 14.6 Å². The van der Waals surface area contributed by atoms with Crippen molar-refractivity contribution in [3.05, 3.63) is 83.6 Å². The minimum atomic E-state index is -0.811. The molecule has 2 aromatic carbocycles. The highest BCUT2D eigenvalue weighted by molar-refractivity contribution is 6.06. The Balaban J connectivity index is 1.40. The van der Waals surface area contributed by atoms with Crippen molar-refractivity contribution in [3.8, 4) is 0 Å². The van der Waals surface area contributed by atoms with Crippen LogP contribution >= 0.6 is 0 Å². The summed E-state index contributed by atoms with van der Waals surface area (Å²) in [6, 6.07) is 15.3. The summed E-state index contributed by atoms with van der Waals surface area (Å²) in [5.74, 6) is -0.500. The van der Waals surface area contributed by atoms with Gasteiger partial charge in [0.05, 0.1) is 11.7 Å². The lowest BCUT2D eigenvalue weighted by molar-refractivity contribution is -0.118. The molecule has 5 rings (SSSR count). The van der Waals surface area contributed by atoms with Gasteiger partial charge in [0.1, 0.15) is 5.82 Å². The van der Waals surface area contributed by atoms with E-state index in [1.54, 1.807) is 41.3 Å². The van der Waals surface area contributed by atoms with Crippen LogP contribution in [0.5, 0.6) is 0 Å². The molecule has 1 aliphatic heterocycles. The third-order valence-electron chi connectivity index (χ3n) is 5.79. The van der Waals surface area contributed by atoms with Gasteiger partial charge in [-0.05, 0) is 55.2 Å². The van der Waals surface area contributed by atoms with E-state index < -0.39 is 5.41 Å². The second-order valence-corrected chi connectivity index (χ2v) is 7.54. The number of anilines is 2. The molecular formula is C23H19FN2O3. The van der Waals surface area contributed by atoms with Crippen molar-refractivity contribution < 1.29 is 18.4 Å². The van der Waals surface area contributed by atoms with E-state index in [9.17, 15) is 14.0 Å². The zero-order chi connectivity index (χ0) is 20.0. The summed E-state index contributed by atoms with van der Waals surface area (Å²) in [4.78, 5) is 27.3. The monoisotopic (exact) mass is 390 g/mol. The third kappa shape index (κ3) is 2.92. The van der Waals surface area contributed by atoms with Crippen LogP contribution in [0.2, 0.25) is 0 Å². The molecule has 1 N–H and O–H groups in total. The van der Waals surface area contributed by atoms with Gasteiger partial charge in [0.25, 0.3) is 5.91 Å². The van der Waals surface area contributed by atoms with Gasteiger partial charge in [-0.2, -0.15) is 0 Å². The smallest absolute Gasteiger partial charge is 0.293 e. The highest BCUT2D eigenvalue weighted by Crippen LogP contribution is 2.50. The van der Waals surface area contributed by atoms with E-state index in [4.69, 9.17) is 4.42 Å². The molecule has 1 fully saturated rings. The third-order valence-corrected chi connectivity index (χ3v) is 5.79. The van der Waals surface area contributed by atoms with Crippen molar-refractivity contribution in [2.75, 3.05) is 16.8 Å². The number of fused-ring (bicyclic) bond motifs is 1. The quantitative estimate of drug-likeness (QED) is 0.723. The first-order chi connectivity index (χ1) is 14.1. The Morgan fingerprint density at radius 2 is 1.90 bits per heavy atom.